The molecule has 36 heavy (non-hydrogen) atoms. The molecule has 6 nitrogen and oxygen atoms in total. The Balaban J connectivity index is 1.97. The second kappa shape index (κ2) is 9.69. The summed E-state index contributed by atoms with van der Waals surface area (Å²) in [5.74, 6) is -1.94. The molecular weight excluding hydrogens is 543 g/mol. The minimum atomic E-state index is -4.67. The maximum Gasteiger partial charge on any atom is 0.416 e. The minimum Gasteiger partial charge on any atom is -0.507 e. The number of alkyl halides is 3. The fourth-order valence-electron chi connectivity index (χ4n) is 4.03. The predicted octanol–water partition coefficient (Wildman–Crippen LogP) is 6.11. The first-order valence-corrected chi connectivity index (χ1v) is 11.3. The second-order valence-electron chi connectivity index (χ2n) is 7.84. The number of aliphatic hydroxyl groups excluding tert-OH is 1. The van der Waals surface area contributed by atoms with Gasteiger partial charge in [0.2, 0.25) is 0 Å². The van der Waals surface area contributed by atoms with E-state index in [0.717, 1.165) is 27.6 Å². The molecule has 10 heteroatoms. The van der Waals surface area contributed by atoms with E-state index in [1.807, 2.05) is 0 Å². The number of benzene rings is 3. The van der Waals surface area contributed by atoms with Crippen LogP contribution >= 0.6 is 15.9 Å². The summed E-state index contributed by atoms with van der Waals surface area (Å²) < 4.78 is 51.6. The maximum atomic E-state index is 13.4. The van der Waals surface area contributed by atoms with Crippen LogP contribution in [0.1, 0.15) is 22.7 Å². The highest BCUT2D eigenvalue weighted by molar-refractivity contribution is 9.10. The predicted molar refractivity (Wildman–Crippen MR) is 130 cm³/mol. The van der Waals surface area contributed by atoms with Gasteiger partial charge in [0.05, 0.1) is 31.4 Å². The molecule has 0 saturated carbocycles. The van der Waals surface area contributed by atoms with Crippen LogP contribution < -0.4 is 14.4 Å². The molecule has 4 rings (SSSR count). The van der Waals surface area contributed by atoms with Crippen LogP contribution in [0.15, 0.2) is 76.8 Å². The average molecular weight is 562 g/mol. The summed E-state index contributed by atoms with van der Waals surface area (Å²) >= 11 is 3.30. The Hall–Kier alpha value is -3.79. The van der Waals surface area contributed by atoms with Gasteiger partial charge in [-0.25, -0.2) is 0 Å². The number of ether oxygens (including phenoxy) is 2. The Labute approximate surface area is 212 Å². The number of aliphatic hydroxyl groups is 1. The summed E-state index contributed by atoms with van der Waals surface area (Å²) in [5.41, 5.74) is -0.831. The molecule has 1 aliphatic rings. The van der Waals surface area contributed by atoms with Gasteiger partial charge in [-0.1, -0.05) is 40.2 Å². The zero-order valence-corrected chi connectivity index (χ0v) is 20.6. The highest BCUT2D eigenvalue weighted by atomic mass is 79.9. The molecule has 0 aliphatic carbocycles. The standard InChI is InChI=1S/C26H19BrF3NO5/c1-35-19-11-8-15(12-20(19)36-2)22-21(23(32)14-6-9-17(27)10-7-14)24(33)25(34)31(22)18-5-3-4-16(13-18)26(28,29)30/h3-13,22,32H,1-2H3/t22-/m1/s1. The molecule has 1 atom stereocenters. The van der Waals surface area contributed by atoms with Crippen LogP contribution in [0.4, 0.5) is 18.9 Å². The first-order chi connectivity index (χ1) is 17.1. The molecule has 3 aromatic rings. The molecule has 1 heterocycles. The summed E-state index contributed by atoms with van der Waals surface area (Å²) in [6.07, 6.45) is -4.67. The van der Waals surface area contributed by atoms with Gasteiger partial charge in [0, 0.05) is 15.7 Å². The van der Waals surface area contributed by atoms with Crippen LogP contribution in [0, 0.1) is 0 Å². The lowest BCUT2D eigenvalue weighted by Crippen LogP contribution is -2.29. The van der Waals surface area contributed by atoms with E-state index in [-0.39, 0.29) is 22.6 Å². The highest BCUT2D eigenvalue weighted by Crippen LogP contribution is 2.45. The van der Waals surface area contributed by atoms with Crippen molar-refractivity contribution in [3.8, 4) is 11.5 Å². The first kappa shape index (κ1) is 25.3. The van der Waals surface area contributed by atoms with Crippen molar-refractivity contribution in [1.29, 1.82) is 0 Å². The van der Waals surface area contributed by atoms with E-state index in [1.165, 1.54) is 26.4 Å². The highest BCUT2D eigenvalue weighted by Gasteiger charge is 2.47. The van der Waals surface area contributed by atoms with Crippen molar-refractivity contribution < 1.29 is 37.3 Å². The Bertz CT molecular complexity index is 1370. The smallest absolute Gasteiger partial charge is 0.416 e. The Kier molecular flexibility index (Phi) is 6.81. The number of nitrogens with zero attached hydrogens (tertiary/aromatic N) is 1. The number of ketones is 1. The van der Waals surface area contributed by atoms with E-state index in [4.69, 9.17) is 9.47 Å². The molecule has 0 aromatic heterocycles. The van der Waals surface area contributed by atoms with Gasteiger partial charge < -0.3 is 14.6 Å². The number of anilines is 1. The Morgan fingerprint density at radius 1 is 0.944 bits per heavy atom. The number of hydrogen-bond acceptors (Lipinski definition) is 5. The lowest BCUT2D eigenvalue weighted by Gasteiger charge is -2.26. The number of rotatable bonds is 5. The van der Waals surface area contributed by atoms with E-state index in [9.17, 15) is 27.9 Å². The van der Waals surface area contributed by atoms with Crippen molar-refractivity contribution in [1.82, 2.24) is 0 Å². The zero-order valence-electron chi connectivity index (χ0n) is 19.0. The van der Waals surface area contributed by atoms with Gasteiger partial charge in [0.15, 0.2) is 11.5 Å². The summed E-state index contributed by atoms with van der Waals surface area (Å²) in [6, 6.07) is 13.8. The fourth-order valence-corrected chi connectivity index (χ4v) is 4.30. The molecule has 1 fully saturated rings. The monoisotopic (exact) mass is 561 g/mol. The van der Waals surface area contributed by atoms with Gasteiger partial charge in [-0.3, -0.25) is 14.5 Å². The van der Waals surface area contributed by atoms with Crippen molar-refractivity contribution in [3.05, 3.63) is 93.5 Å². The van der Waals surface area contributed by atoms with E-state index in [0.29, 0.717) is 11.3 Å². The van der Waals surface area contributed by atoms with Crippen LogP contribution in [0.25, 0.3) is 5.76 Å². The van der Waals surface area contributed by atoms with Crippen molar-refractivity contribution in [2.75, 3.05) is 19.1 Å². The molecule has 1 amide bonds. The van der Waals surface area contributed by atoms with Gasteiger partial charge >= 0.3 is 6.18 Å². The lowest BCUT2D eigenvalue weighted by atomic mass is 9.94. The topological polar surface area (TPSA) is 76.1 Å². The van der Waals surface area contributed by atoms with Crippen LogP contribution in [-0.2, 0) is 15.8 Å². The lowest BCUT2D eigenvalue weighted by molar-refractivity contribution is -0.137. The maximum absolute atomic E-state index is 13.4. The van der Waals surface area contributed by atoms with Crippen LogP contribution in [0.2, 0.25) is 0 Å². The van der Waals surface area contributed by atoms with E-state index in [2.05, 4.69) is 15.9 Å². The summed E-state index contributed by atoms with van der Waals surface area (Å²) in [7, 11) is 2.83. The molecule has 1 aliphatic heterocycles. The molecule has 186 valence electrons. The van der Waals surface area contributed by atoms with Crippen molar-refractivity contribution >= 4 is 39.1 Å². The molecule has 1 N–H and O–H groups in total. The van der Waals surface area contributed by atoms with Gasteiger partial charge in [-0.2, -0.15) is 13.2 Å². The number of carbonyl (C=O) groups is 2. The molecule has 0 bridgehead atoms. The molecule has 0 unspecified atom stereocenters. The van der Waals surface area contributed by atoms with Crippen molar-refractivity contribution in [2.24, 2.45) is 0 Å². The molecule has 0 spiro atoms. The molecule has 0 radical (unpaired) electrons. The quantitative estimate of drug-likeness (QED) is 0.231. The van der Waals surface area contributed by atoms with E-state index >= 15 is 0 Å². The fraction of sp³-hybridized carbons (Fsp3) is 0.154. The van der Waals surface area contributed by atoms with Gasteiger partial charge in [-0.05, 0) is 48.0 Å². The van der Waals surface area contributed by atoms with Gasteiger partial charge in [-0.15, -0.1) is 0 Å². The normalized spacial score (nSPS) is 17.4. The van der Waals surface area contributed by atoms with Crippen molar-refractivity contribution in [3.63, 3.8) is 0 Å². The zero-order chi connectivity index (χ0) is 26.2. The number of amides is 1. The van der Waals surface area contributed by atoms with E-state index < -0.39 is 35.2 Å². The SMILES string of the molecule is COc1ccc([C@@H]2C(=C(O)c3ccc(Br)cc3)C(=O)C(=O)N2c2cccc(C(F)(F)F)c2)cc1OC. The third kappa shape index (κ3) is 4.56. The number of Topliss-reactive ketones (excluding diaryl/α,β-unsaturated/α-hetero) is 1. The number of hydrogen-bond donors (Lipinski definition) is 1. The first-order valence-electron chi connectivity index (χ1n) is 10.5. The van der Waals surface area contributed by atoms with Gasteiger partial charge in [0.25, 0.3) is 11.7 Å². The Morgan fingerprint density at radius 2 is 1.61 bits per heavy atom. The summed E-state index contributed by atoms with van der Waals surface area (Å²) in [5, 5.41) is 11.1. The number of methoxy groups -OCH3 is 2. The molecule has 1 saturated heterocycles. The average Bonchev–Trinajstić information content (AvgIpc) is 3.13. The van der Waals surface area contributed by atoms with Crippen LogP contribution in [0.5, 0.6) is 11.5 Å². The van der Waals surface area contributed by atoms with Crippen LogP contribution in [0.3, 0.4) is 0 Å². The third-order valence-corrected chi connectivity index (χ3v) is 6.27. The molecule has 3 aromatic carbocycles. The summed E-state index contributed by atoms with van der Waals surface area (Å²) in [4.78, 5) is 27.4. The third-order valence-electron chi connectivity index (χ3n) is 5.74. The Morgan fingerprint density at radius 3 is 2.22 bits per heavy atom. The van der Waals surface area contributed by atoms with E-state index in [1.54, 1.807) is 36.4 Å². The number of carbonyl (C=O) groups excluding carboxylic acids is 2. The molecular formula is C26H19BrF3NO5. The number of halogens is 4. The minimum absolute atomic E-state index is 0.151. The largest absolute Gasteiger partial charge is 0.507 e. The summed E-state index contributed by atoms with van der Waals surface area (Å²) in [6.45, 7) is 0. The van der Waals surface area contributed by atoms with Gasteiger partial charge in [0.1, 0.15) is 5.76 Å². The van der Waals surface area contributed by atoms with Crippen molar-refractivity contribution in [2.45, 2.75) is 12.2 Å². The van der Waals surface area contributed by atoms with Crippen LogP contribution in [-0.4, -0.2) is 31.0 Å². The second-order valence-corrected chi connectivity index (χ2v) is 8.75.